The van der Waals surface area contributed by atoms with E-state index in [0.29, 0.717) is 18.5 Å². The van der Waals surface area contributed by atoms with Crippen LogP contribution in [0.1, 0.15) is 44.7 Å². The van der Waals surface area contributed by atoms with Gasteiger partial charge in [0.05, 0.1) is 24.0 Å². The Balaban J connectivity index is 1.55. The Morgan fingerprint density at radius 1 is 1.29 bits per heavy atom. The van der Waals surface area contributed by atoms with Crippen LogP contribution in [0.4, 0.5) is 19.1 Å². The van der Waals surface area contributed by atoms with Crippen molar-refractivity contribution in [3.63, 3.8) is 0 Å². The van der Waals surface area contributed by atoms with Crippen molar-refractivity contribution in [2.75, 3.05) is 18.4 Å². The van der Waals surface area contributed by atoms with Crippen LogP contribution < -0.4 is 5.32 Å². The first-order valence-corrected chi connectivity index (χ1v) is 10.8. The lowest BCUT2D eigenvalue weighted by atomic mass is 10.0. The summed E-state index contributed by atoms with van der Waals surface area (Å²) in [6.07, 6.45) is 2.25. The number of halogens is 3. The van der Waals surface area contributed by atoms with Gasteiger partial charge in [0.25, 0.3) is 5.92 Å². The molecule has 1 N–H and O–H groups in total. The minimum absolute atomic E-state index is 0.0166. The molecule has 2 fully saturated rings. The van der Waals surface area contributed by atoms with Crippen molar-refractivity contribution in [1.82, 2.24) is 18.9 Å². The highest BCUT2D eigenvalue weighted by Crippen LogP contribution is 2.36. The molecule has 0 amide bonds. The second-order valence-corrected chi connectivity index (χ2v) is 9.99. The topological polar surface area (TPSA) is 79.6 Å². The van der Waals surface area contributed by atoms with E-state index in [0.717, 1.165) is 4.31 Å². The zero-order valence-electron chi connectivity index (χ0n) is 15.6. The quantitative estimate of drug-likeness (QED) is 0.809. The molecular formula is C17H22F3N5O2S. The summed E-state index contributed by atoms with van der Waals surface area (Å²) in [7, 11) is -3.65. The van der Waals surface area contributed by atoms with Gasteiger partial charge in [0.15, 0.2) is 5.82 Å². The van der Waals surface area contributed by atoms with Crippen molar-refractivity contribution in [1.29, 1.82) is 0 Å². The highest BCUT2D eigenvalue weighted by molar-refractivity contribution is 7.90. The summed E-state index contributed by atoms with van der Waals surface area (Å²) in [5.74, 6) is -3.81. The average molecular weight is 417 g/mol. The van der Waals surface area contributed by atoms with Crippen molar-refractivity contribution >= 4 is 21.5 Å². The Hall–Kier alpha value is -1.88. The summed E-state index contributed by atoms with van der Waals surface area (Å²) >= 11 is 0. The van der Waals surface area contributed by atoms with Crippen LogP contribution in [-0.2, 0) is 10.0 Å². The first-order chi connectivity index (χ1) is 13.1. The van der Waals surface area contributed by atoms with Crippen LogP contribution in [0, 0.1) is 5.82 Å². The van der Waals surface area contributed by atoms with Crippen LogP contribution >= 0.6 is 0 Å². The normalized spacial score (nSPS) is 23.4. The molecule has 0 aromatic carbocycles. The summed E-state index contributed by atoms with van der Waals surface area (Å²) in [6, 6.07) is 0.0485. The standard InChI is InChI=1S/C17H22F3N5O2S/c1-10(2)13-7-12(18)14-8-21-16(23-25(13)14)22-15-5-6-24(9-17(15,19)20)28(26,27)11-3-4-11/h7-8,10-11,15H,3-6,9H2,1-2H3,(H,22,23)/t15-/m1/s1. The van der Waals surface area contributed by atoms with Gasteiger partial charge in [-0.2, -0.15) is 4.31 Å². The van der Waals surface area contributed by atoms with Crippen LogP contribution in [0.2, 0.25) is 0 Å². The van der Waals surface area contributed by atoms with Crippen molar-refractivity contribution in [3.05, 3.63) is 23.8 Å². The number of hydrogen-bond acceptors (Lipinski definition) is 5. The molecule has 2 aliphatic rings. The number of nitrogens with one attached hydrogen (secondary N) is 1. The van der Waals surface area contributed by atoms with Crippen molar-refractivity contribution in [2.45, 2.75) is 56.2 Å². The van der Waals surface area contributed by atoms with Crippen molar-refractivity contribution < 1.29 is 21.6 Å². The number of rotatable bonds is 5. The van der Waals surface area contributed by atoms with Crippen LogP contribution in [0.15, 0.2) is 12.3 Å². The number of fused-ring (bicyclic) bond motifs is 1. The van der Waals surface area contributed by atoms with Gasteiger partial charge in [-0.1, -0.05) is 13.8 Å². The molecule has 1 saturated carbocycles. The van der Waals surface area contributed by atoms with Crippen LogP contribution in [0.3, 0.4) is 0 Å². The summed E-state index contributed by atoms with van der Waals surface area (Å²) in [5, 5.41) is 6.27. The molecule has 4 rings (SSSR count). The third-order valence-electron chi connectivity index (χ3n) is 5.26. The maximum atomic E-state index is 14.7. The lowest BCUT2D eigenvalue weighted by Gasteiger charge is -2.37. The second-order valence-electron chi connectivity index (χ2n) is 7.78. The Morgan fingerprint density at radius 3 is 2.61 bits per heavy atom. The third-order valence-corrected chi connectivity index (χ3v) is 7.61. The minimum atomic E-state index is -3.65. The van der Waals surface area contributed by atoms with Gasteiger partial charge in [-0.3, -0.25) is 0 Å². The van der Waals surface area contributed by atoms with E-state index in [4.69, 9.17) is 0 Å². The Bertz CT molecular complexity index is 1000. The minimum Gasteiger partial charge on any atom is -0.344 e. The first-order valence-electron chi connectivity index (χ1n) is 9.27. The maximum absolute atomic E-state index is 14.7. The van der Waals surface area contributed by atoms with Gasteiger partial charge in [-0.25, -0.2) is 31.1 Å². The largest absolute Gasteiger partial charge is 0.344 e. The molecule has 1 aliphatic heterocycles. The molecule has 7 nitrogen and oxygen atoms in total. The highest BCUT2D eigenvalue weighted by atomic mass is 32.2. The zero-order valence-corrected chi connectivity index (χ0v) is 16.4. The molecule has 1 saturated heterocycles. The van der Waals surface area contributed by atoms with Gasteiger partial charge in [0, 0.05) is 12.2 Å². The molecular weight excluding hydrogens is 395 g/mol. The van der Waals surface area contributed by atoms with Gasteiger partial charge < -0.3 is 5.32 Å². The molecule has 0 bridgehead atoms. The number of piperidine rings is 1. The Labute approximate surface area is 161 Å². The molecule has 154 valence electrons. The lowest BCUT2D eigenvalue weighted by Crippen LogP contribution is -2.56. The maximum Gasteiger partial charge on any atom is 0.281 e. The number of hydrogen-bond donors (Lipinski definition) is 1. The van der Waals surface area contributed by atoms with Crippen molar-refractivity contribution in [2.24, 2.45) is 0 Å². The smallest absolute Gasteiger partial charge is 0.281 e. The van der Waals surface area contributed by atoms with Crippen molar-refractivity contribution in [3.8, 4) is 0 Å². The zero-order chi connectivity index (χ0) is 20.3. The predicted octanol–water partition coefficient (Wildman–Crippen LogP) is 2.61. The van der Waals surface area contributed by atoms with E-state index in [2.05, 4.69) is 15.4 Å². The molecule has 1 aliphatic carbocycles. The summed E-state index contributed by atoms with van der Waals surface area (Å²) < 4.78 is 70.1. The van der Waals surface area contributed by atoms with Gasteiger partial charge in [-0.05, 0) is 31.2 Å². The van der Waals surface area contributed by atoms with Crippen LogP contribution in [0.5, 0.6) is 0 Å². The van der Waals surface area contributed by atoms with Gasteiger partial charge in [0.1, 0.15) is 5.52 Å². The van der Waals surface area contributed by atoms with E-state index in [1.165, 1.54) is 16.8 Å². The van der Waals surface area contributed by atoms with E-state index in [-0.39, 0.29) is 30.3 Å². The molecule has 0 radical (unpaired) electrons. The number of sulfonamides is 1. The highest BCUT2D eigenvalue weighted by Gasteiger charge is 2.51. The monoisotopic (exact) mass is 417 g/mol. The molecule has 3 heterocycles. The Kier molecular flexibility index (Phi) is 4.57. The fourth-order valence-corrected chi connectivity index (χ4v) is 5.35. The molecule has 1 atom stereocenters. The van der Waals surface area contributed by atoms with E-state index in [1.54, 1.807) is 0 Å². The van der Waals surface area contributed by atoms with E-state index < -0.39 is 39.6 Å². The first kappa shape index (κ1) is 19.4. The fraction of sp³-hybridized carbons (Fsp3) is 0.647. The molecule has 2 aromatic rings. The number of aromatic nitrogens is 3. The number of alkyl halides is 2. The summed E-state index contributed by atoms with van der Waals surface area (Å²) in [5.41, 5.74) is 0.779. The van der Waals surface area contributed by atoms with E-state index >= 15 is 0 Å². The molecule has 2 aromatic heterocycles. The SMILES string of the molecule is CC(C)c1cc(F)c2cnc(N[C@@H]3CCN(S(=O)(=O)C4CC4)CC3(F)F)nn12. The van der Waals surface area contributed by atoms with E-state index in [1.807, 2.05) is 13.8 Å². The summed E-state index contributed by atoms with van der Waals surface area (Å²) in [6.45, 7) is 2.91. The number of anilines is 1. The fourth-order valence-electron chi connectivity index (χ4n) is 3.49. The predicted molar refractivity (Wildman–Crippen MR) is 97.5 cm³/mol. The van der Waals surface area contributed by atoms with Gasteiger partial charge in [0.2, 0.25) is 16.0 Å². The van der Waals surface area contributed by atoms with Crippen LogP contribution in [-0.4, -0.2) is 57.6 Å². The van der Waals surface area contributed by atoms with Crippen LogP contribution in [0.25, 0.3) is 5.52 Å². The lowest BCUT2D eigenvalue weighted by molar-refractivity contribution is -0.0543. The van der Waals surface area contributed by atoms with E-state index in [9.17, 15) is 21.6 Å². The average Bonchev–Trinajstić information content (AvgIpc) is 3.42. The Morgan fingerprint density at radius 2 is 2.00 bits per heavy atom. The number of nitrogens with zero attached hydrogens (tertiary/aromatic N) is 4. The molecule has 0 unspecified atom stereocenters. The van der Waals surface area contributed by atoms with Gasteiger partial charge >= 0.3 is 0 Å². The third kappa shape index (κ3) is 3.34. The van der Waals surface area contributed by atoms with Gasteiger partial charge in [-0.15, -0.1) is 5.10 Å². The second kappa shape index (κ2) is 6.58. The molecule has 0 spiro atoms. The molecule has 11 heteroatoms. The molecule has 28 heavy (non-hydrogen) atoms. The summed E-state index contributed by atoms with van der Waals surface area (Å²) in [4.78, 5) is 3.96.